The lowest BCUT2D eigenvalue weighted by atomic mass is 10.0. The number of hydrogen-bond acceptors (Lipinski definition) is 7. The molecule has 0 radical (unpaired) electrons. The van der Waals surface area contributed by atoms with E-state index in [0.29, 0.717) is 52.3 Å². The van der Waals surface area contributed by atoms with Crippen LogP contribution in [0, 0.1) is 0 Å². The number of nitrogens with zero attached hydrogens (tertiary/aromatic N) is 1. The average Bonchev–Trinajstić information content (AvgIpc) is 3.11. The zero-order valence-corrected chi connectivity index (χ0v) is 18.9. The SMILES string of the molecule is COc1ccc(/C=C2\Oc3c(ccc(O)c3CN3CCCC[C@@H]3C)C2=O)c(OC)c1OC. The fourth-order valence-electron chi connectivity index (χ4n) is 4.42. The maximum Gasteiger partial charge on any atom is 0.231 e. The normalized spacial score (nSPS) is 19.6. The molecule has 7 heteroatoms. The maximum absolute atomic E-state index is 13.1. The first-order chi connectivity index (χ1) is 15.5. The summed E-state index contributed by atoms with van der Waals surface area (Å²) in [7, 11) is 4.61. The smallest absolute Gasteiger partial charge is 0.231 e. The van der Waals surface area contributed by atoms with Gasteiger partial charge in [-0.3, -0.25) is 9.69 Å². The summed E-state index contributed by atoms with van der Waals surface area (Å²) in [4.78, 5) is 15.4. The molecular formula is C25H29NO6. The highest BCUT2D eigenvalue weighted by Crippen LogP contribution is 2.44. The van der Waals surface area contributed by atoms with E-state index in [2.05, 4.69) is 11.8 Å². The van der Waals surface area contributed by atoms with Crippen LogP contribution in [0.4, 0.5) is 0 Å². The van der Waals surface area contributed by atoms with Gasteiger partial charge in [-0.15, -0.1) is 0 Å². The number of carbonyl (C=O) groups is 1. The lowest BCUT2D eigenvalue weighted by Gasteiger charge is -2.33. The number of aromatic hydroxyl groups is 1. The zero-order chi connectivity index (χ0) is 22.8. The molecule has 1 saturated heterocycles. The number of benzene rings is 2. The number of ether oxygens (including phenoxy) is 4. The molecule has 2 aliphatic rings. The molecule has 2 aromatic carbocycles. The number of phenolic OH excluding ortho intramolecular Hbond substituents is 1. The Morgan fingerprint density at radius 3 is 2.56 bits per heavy atom. The number of likely N-dealkylation sites (tertiary alicyclic amines) is 1. The summed E-state index contributed by atoms with van der Waals surface area (Å²) in [6, 6.07) is 7.13. The number of piperidine rings is 1. The molecule has 7 nitrogen and oxygen atoms in total. The molecule has 2 aromatic rings. The molecule has 1 N–H and O–H groups in total. The number of rotatable bonds is 6. The van der Waals surface area contributed by atoms with Crippen LogP contribution in [0.15, 0.2) is 30.0 Å². The summed E-state index contributed by atoms with van der Waals surface area (Å²) in [5, 5.41) is 10.6. The first-order valence-electron chi connectivity index (χ1n) is 10.8. The molecule has 0 aliphatic carbocycles. The summed E-state index contributed by atoms with van der Waals surface area (Å²) in [6.45, 7) is 3.69. The highest BCUT2D eigenvalue weighted by Gasteiger charge is 2.33. The highest BCUT2D eigenvalue weighted by atomic mass is 16.5. The average molecular weight is 440 g/mol. The third kappa shape index (κ3) is 3.88. The van der Waals surface area contributed by atoms with Gasteiger partial charge in [-0.25, -0.2) is 0 Å². The summed E-state index contributed by atoms with van der Waals surface area (Å²) >= 11 is 0. The Hall–Kier alpha value is -3.19. The van der Waals surface area contributed by atoms with E-state index in [9.17, 15) is 9.90 Å². The van der Waals surface area contributed by atoms with Crippen LogP contribution >= 0.6 is 0 Å². The molecule has 0 bridgehead atoms. The van der Waals surface area contributed by atoms with Crippen molar-refractivity contribution in [3.8, 4) is 28.7 Å². The van der Waals surface area contributed by atoms with E-state index in [0.717, 1.165) is 19.4 Å². The van der Waals surface area contributed by atoms with E-state index in [1.807, 2.05) is 0 Å². The van der Waals surface area contributed by atoms with E-state index < -0.39 is 0 Å². The topological polar surface area (TPSA) is 77.5 Å². The van der Waals surface area contributed by atoms with E-state index in [1.54, 1.807) is 37.5 Å². The Morgan fingerprint density at radius 2 is 1.88 bits per heavy atom. The number of ketones is 1. The lowest BCUT2D eigenvalue weighted by Crippen LogP contribution is -2.36. The summed E-state index contributed by atoms with van der Waals surface area (Å²) in [6.07, 6.45) is 5.10. The van der Waals surface area contributed by atoms with Gasteiger partial charge >= 0.3 is 0 Å². The van der Waals surface area contributed by atoms with Crippen molar-refractivity contribution in [3.63, 3.8) is 0 Å². The summed E-state index contributed by atoms with van der Waals surface area (Å²) < 4.78 is 22.3. The minimum absolute atomic E-state index is 0.138. The molecule has 32 heavy (non-hydrogen) atoms. The number of methoxy groups -OCH3 is 3. The number of hydrogen-bond donors (Lipinski definition) is 1. The third-order valence-corrected chi connectivity index (χ3v) is 6.24. The molecule has 2 heterocycles. The summed E-state index contributed by atoms with van der Waals surface area (Å²) in [5.41, 5.74) is 1.72. The molecular weight excluding hydrogens is 410 g/mol. The van der Waals surface area contributed by atoms with Crippen molar-refractivity contribution in [3.05, 3.63) is 46.7 Å². The number of fused-ring (bicyclic) bond motifs is 1. The van der Waals surface area contributed by atoms with Gasteiger partial charge in [-0.1, -0.05) is 6.42 Å². The molecule has 2 aliphatic heterocycles. The number of allylic oxidation sites excluding steroid dienone is 1. The van der Waals surface area contributed by atoms with Crippen molar-refractivity contribution in [2.24, 2.45) is 0 Å². The van der Waals surface area contributed by atoms with E-state index in [-0.39, 0.29) is 17.3 Å². The Bertz CT molecular complexity index is 1060. The van der Waals surface area contributed by atoms with Gasteiger partial charge in [0.2, 0.25) is 11.5 Å². The van der Waals surface area contributed by atoms with Crippen molar-refractivity contribution in [1.82, 2.24) is 4.90 Å². The van der Waals surface area contributed by atoms with E-state index in [1.165, 1.54) is 20.6 Å². The number of carbonyl (C=O) groups excluding carboxylic acids is 1. The second-order valence-corrected chi connectivity index (χ2v) is 8.12. The first kappa shape index (κ1) is 22.0. The van der Waals surface area contributed by atoms with Gasteiger partial charge in [-0.05, 0) is 56.7 Å². The molecule has 1 atom stereocenters. The fraction of sp³-hybridized carbons (Fsp3) is 0.400. The number of phenols is 1. The van der Waals surface area contributed by atoms with Crippen LogP contribution in [0.1, 0.15) is 47.7 Å². The van der Waals surface area contributed by atoms with Gasteiger partial charge in [0.15, 0.2) is 17.3 Å². The molecule has 0 unspecified atom stereocenters. The van der Waals surface area contributed by atoms with Gasteiger partial charge in [0.1, 0.15) is 11.5 Å². The Labute approximate surface area is 188 Å². The third-order valence-electron chi connectivity index (χ3n) is 6.24. The molecule has 170 valence electrons. The highest BCUT2D eigenvalue weighted by molar-refractivity contribution is 6.15. The van der Waals surface area contributed by atoms with Gasteiger partial charge in [-0.2, -0.15) is 0 Å². The fourth-order valence-corrected chi connectivity index (χ4v) is 4.42. The van der Waals surface area contributed by atoms with Crippen molar-refractivity contribution < 1.29 is 28.8 Å². The van der Waals surface area contributed by atoms with Crippen molar-refractivity contribution in [2.75, 3.05) is 27.9 Å². The van der Waals surface area contributed by atoms with Crippen LogP contribution in [0.5, 0.6) is 28.7 Å². The molecule has 0 saturated carbocycles. The Morgan fingerprint density at radius 1 is 1.09 bits per heavy atom. The first-order valence-corrected chi connectivity index (χ1v) is 10.8. The Balaban J connectivity index is 1.70. The monoisotopic (exact) mass is 439 g/mol. The van der Waals surface area contributed by atoms with Crippen molar-refractivity contribution in [2.45, 2.75) is 38.8 Å². The second-order valence-electron chi connectivity index (χ2n) is 8.12. The lowest BCUT2D eigenvalue weighted by molar-refractivity contribution is 0.101. The molecule has 1 fully saturated rings. The van der Waals surface area contributed by atoms with Gasteiger partial charge in [0.05, 0.1) is 32.5 Å². The molecule has 0 aromatic heterocycles. The molecule has 0 amide bonds. The quantitative estimate of drug-likeness (QED) is 0.668. The van der Waals surface area contributed by atoms with Gasteiger partial charge in [0, 0.05) is 18.2 Å². The molecule has 0 spiro atoms. The second kappa shape index (κ2) is 9.12. The minimum atomic E-state index is -0.232. The van der Waals surface area contributed by atoms with Crippen LogP contribution in [-0.2, 0) is 6.54 Å². The van der Waals surface area contributed by atoms with Crippen molar-refractivity contribution in [1.29, 1.82) is 0 Å². The van der Waals surface area contributed by atoms with Gasteiger partial charge in [0.25, 0.3) is 0 Å². The predicted molar refractivity (Wildman–Crippen MR) is 121 cm³/mol. The van der Waals surface area contributed by atoms with Crippen LogP contribution in [-0.4, -0.2) is 49.7 Å². The standard InChI is InChI=1S/C25H29NO6/c1-15-7-5-6-12-26(15)14-18-19(27)10-9-17-22(28)21(32-24(17)18)13-16-8-11-20(29-2)25(31-4)23(16)30-3/h8-11,13,15,27H,5-7,12,14H2,1-4H3/b21-13-/t15-/m0/s1. The van der Waals surface area contributed by atoms with E-state index >= 15 is 0 Å². The van der Waals surface area contributed by atoms with Crippen molar-refractivity contribution >= 4 is 11.9 Å². The summed E-state index contributed by atoms with van der Waals surface area (Å²) in [5.74, 6) is 1.91. The van der Waals surface area contributed by atoms with Crippen LogP contribution < -0.4 is 18.9 Å². The predicted octanol–water partition coefficient (Wildman–Crippen LogP) is 4.41. The van der Waals surface area contributed by atoms with E-state index in [4.69, 9.17) is 18.9 Å². The Kier molecular flexibility index (Phi) is 6.28. The maximum atomic E-state index is 13.1. The number of Topliss-reactive ketones (excluding diaryl/α,β-unsaturated/α-hetero) is 1. The largest absolute Gasteiger partial charge is 0.507 e. The zero-order valence-electron chi connectivity index (χ0n) is 18.9. The minimum Gasteiger partial charge on any atom is -0.507 e. The van der Waals surface area contributed by atoms with Crippen LogP contribution in [0.25, 0.3) is 6.08 Å². The molecule has 4 rings (SSSR count). The van der Waals surface area contributed by atoms with Crippen LogP contribution in [0.3, 0.4) is 0 Å². The van der Waals surface area contributed by atoms with Gasteiger partial charge < -0.3 is 24.1 Å². The van der Waals surface area contributed by atoms with Crippen LogP contribution in [0.2, 0.25) is 0 Å².